The number of likely N-dealkylation sites (tertiary alicyclic amines) is 1. The van der Waals surface area contributed by atoms with Crippen LogP contribution in [0.2, 0.25) is 0 Å². The number of ketones is 1. The summed E-state index contributed by atoms with van der Waals surface area (Å²) in [4.78, 5) is 14.9. The number of rotatable bonds is 6. The van der Waals surface area contributed by atoms with E-state index in [0.717, 1.165) is 36.5 Å². The van der Waals surface area contributed by atoms with Crippen LogP contribution >= 0.6 is 0 Å². The molecule has 1 heterocycles. The molecule has 0 unspecified atom stereocenters. The maximum atomic E-state index is 12.5. The largest absolute Gasteiger partial charge is 0.508 e. The van der Waals surface area contributed by atoms with Crippen LogP contribution in [0.4, 0.5) is 0 Å². The number of aromatic hydroxyl groups is 1. The van der Waals surface area contributed by atoms with Crippen molar-refractivity contribution < 1.29 is 14.6 Å². The normalized spacial score (nSPS) is 14.9. The van der Waals surface area contributed by atoms with Gasteiger partial charge >= 0.3 is 0 Å². The fourth-order valence-corrected chi connectivity index (χ4v) is 3.13. The number of carbonyl (C=O) groups excluding carboxylic acids is 1. The van der Waals surface area contributed by atoms with E-state index in [2.05, 4.69) is 4.90 Å². The lowest BCUT2D eigenvalue weighted by molar-refractivity contribution is 0.104. The van der Waals surface area contributed by atoms with Gasteiger partial charge < -0.3 is 9.84 Å². The van der Waals surface area contributed by atoms with Gasteiger partial charge in [0.25, 0.3) is 0 Å². The summed E-state index contributed by atoms with van der Waals surface area (Å²) < 4.78 is 5.45. The van der Waals surface area contributed by atoms with E-state index in [0.29, 0.717) is 5.56 Å². The number of methoxy groups -OCH3 is 1. The van der Waals surface area contributed by atoms with Gasteiger partial charge in [0.1, 0.15) is 11.5 Å². The Balaban J connectivity index is 1.77. The molecule has 130 valence electrons. The average Bonchev–Trinajstić information content (AvgIpc) is 3.13. The maximum absolute atomic E-state index is 12.5. The molecular weight excluding hydrogens is 314 g/mol. The second-order valence-electron chi connectivity index (χ2n) is 6.30. The third-order valence-electron chi connectivity index (χ3n) is 4.45. The minimum absolute atomic E-state index is 0.0614. The zero-order chi connectivity index (χ0) is 17.6. The van der Waals surface area contributed by atoms with Crippen molar-refractivity contribution >= 4 is 11.9 Å². The predicted molar refractivity (Wildman–Crippen MR) is 99.0 cm³/mol. The van der Waals surface area contributed by atoms with E-state index in [1.807, 2.05) is 18.2 Å². The minimum Gasteiger partial charge on any atom is -0.508 e. The van der Waals surface area contributed by atoms with Gasteiger partial charge in [0.15, 0.2) is 5.78 Å². The van der Waals surface area contributed by atoms with Crippen molar-refractivity contribution in [3.05, 3.63) is 65.2 Å². The Morgan fingerprint density at radius 2 is 2.00 bits per heavy atom. The van der Waals surface area contributed by atoms with E-state index < -0.39 is 0 Å². The van der Waals surface area contributed by atoms with Crippen LogP contribution < -0.4 is 4.74 Å². The van der Waals surface area contributed by atoms with E-state index in [9.17, 15) is 9.90 Å². The molecule has 4 nitrogen and oxygen atoms in total. The lowest BCUT2D eigenvalue weighted by Gasteiger charge is -2.17. The van der Waals surface area contributed by atoms with E-state index >= 15 is 0 Å². The number of hydrogen-bond acceptors (Lipinski definition) is 4. The highest BCUT2D eigenvalue weighted by Gasteiger charge is 2.15. The number of nitrogens with zero attached hydrogens (tertiary/aromatic N) is 1. The summed E-state index contributed by atoms with van der Waals surface area (Å²) in [6.07, 6.45) is 5.71. The lowest BCUT2D eigenvalue weighted by Crippen LogP contribution is -2.19. The van der Waals surface area contributed by atoms with Crippen LogP contribution in [0.1, 0.15) is 34.3 Å². The molecular formula is C21H23NO3. The Kier molecular flexibility index (Phi) is 5.51. The number of hydrogen-bond donors (Lipinski definition) is 1. The molecule has 1 aliphatic rings. The third kappa shape index (κ3) is 4.48. The molecule has 0 bridgehead atoms. The monoisotopic (exact) mass is 337 g/mol. The first-order valence-corrected chi connectivity index (χ1v) is 8.56. The van der Waals surface area contributed by atoms with E-state index in [-0.39, 0.29) is 11.5 Å². The number of allylic oxidation sites excluding steroid dienone is 1. The lowest BCUT2D eigenvalue weighted by atomic mass is 10.0. The Morgan fingerprint density at radius 1 is 1.20 bits per heavy atom. The van der Waals surface area contributed by atoms with E-state index in [1.54, 1.807) is 37.5 Å². The molecule has 0 aliphatic carbocycles. The van der Waals surface area contributed by atoms with Crippen molar-refractivity contribution in [3.63, 3.8) is 0 Å². The van der Waals surface area contributed by atoms with Crippen LogP contribution in [0.15, 0.2) is 48.5 Å². The molecule has 4 heteroatoms. The smallest absolute Gasteiger partial charge is 0.185 e. The molecule has 0 atom stereocenters. The standard InChI is InChI=1S/C21H23NO3/c1-25-21-10-8-17(14-18(21)15-22-11-2-3-12-22)20(24)9-7-16-5-4-6-19(23)13-16/h4-10,13-14,23H,2-3,11-12,15H2,1H3. The summed E-state index contributed by atoms with van der Waals surface area (Å²) >= 11 is 0. The van der Waals surface area contributed by atoms with Crippen LogP contribution in [0.5, 0.6) is 11.5 Å². The van der Waals surface area contributed by atoms with Gasteiger partial charge in [-0.15, -0.1) is 0 Å². The van der Waals surface area contributed by atoms with Crippen molar-refractivity contribution in [1.29, 1.82) is 0 Å². The molecule has 0 spiro atoms. The Labute approximate surface area is 148 Å². The SMILES string of the molecule is COc1ccc(C(=O)C=Cc2cccc(O)c2)cc1CN1CCCC1. The molecule has 0 saturated carbocycles. The van der Waals surface area contributed by atoms with Crippen molar-refractivity contribution in [3.8, 4) is 11.5 Å². The maximum Gasteiger partial charge on any atom is 0.185 e. The van der Waals surface area contributed by atoms with Gasteiger partial charge in [-0.1, -0.05) is 18.2 Å². The van der Waals surface area contributed by atoms with Gasteiger partial charge in [0.2, 0.25) is 0 Å². The highest BCUT2D eigenvalue weighted by molar-refractivity contribution is 6.07. The molecule has 0 aromatic heterocycles. The quantitative estimate of drug-likeness (QED) is 0.642. The van der Waals surface area contributed by atoms with Crippen LogP contribution in [0.3, 0.4) is 0 Å². The first-order chi connectivity index (χ1) is 12.2. The van der Waals surface area contributed by atoms with Gasteiger partial charge in [-0.3, -0.25) is 9.69 Å². The first kappa shape index (κ1) is 17.2. The molecule has 1 saturated heterocycles. The van der Waals surface area contributed by atoms with Gasteiger partial charge in [0.05, 0.1) is 7.11 Å². The highest BCUT2D eigenvalue weighted by atomic mass is 16.5. The zero-order valence-corrected chi connectivity index (χ0v) is 14.4. The van der Waals surface area contributed by atoms with Crippen LogP contribution in [-0.4, -0.2) is 36.0 Å². The summed E-state index contributed by atoms with van der Waals surface area (Å²) in [5.74, 6) is 0.945. The molecule has 25 heavy (non-hydrogen) atoms. The van der Waals surface area contributed by atoms with Crippen LogP contribution in [0, 0.1) is 0 Å². The van der Waals surface area contributed by atoms with Crippen molar-refractivity contribution in [2.75, 3.05) is 20.2 Å². The van der Waals surface area contributed by atoms with Gasteiger partial charge in [-0.2, -0.15) is 0 Å². The average molecular weight is 337 g/mol. The molecule has 0 amide bonds. The summed E-state index contributed by atoms with van der Waals surface area (Å²) in [6, 6.07) is 12.4. The van der Waals surface area contributed by atoms with E-state index in [4.69, 9.17) is 4.74 Å². The van der Waals surface area contributed by atoms with Gasteiger partial charge in [-0.05, 0) is 67.9 Å². The highest BCUT2D eigenvalue weighted by Crippen LogP contribution is 2.24. The fraction of sp³-hybridized carbons (Fsp3) is 0.286. The summed E-state index contributed by atoms with van der Waals surface area (Å²) in [7, 11) is 1.66. The predicted octanol–water partition coefficient (Wildman–Crippen LogP) is 3.89. The van der Waals surface area contributed by atoms with Crippen molar-refractivity contribution in [2.24, 2.45) is 0 Å². The molecule has 3 rings (SSSR count). The Morgan fingerprint density at radius 3 is 2.72 bits per heavy atom. The minimum atomic E-state index is -0.0614. The molecule has 0 radical (unpaired) electrons. The Bertz CT molecular complexity index is 776. The third-order valence-corrected chi connectivity index (χ3v) is 4.45. The van der Waals surface area contributed by atoms with Crippen molar-refractivity contribution in [1.82, 2.24) is 4.90 Å². The second kappa shape index (κ2) is 7.99. The van der Waals surface area contributed by atoms with Gasteiger partial charge in [-0.25, -0.2) is 0 Å². The molecule has 1 N–H and O–H groups in total. The number of ether oxygens (including phenoxy) is 1. The number of carbonyl (C=O) groups is 1. The van der Waals surface area contributed by atoms with Crippen LogP contribution in [-0.2, 0) is 6.54 Å². The zero-order valence-electron chi connectivity index (χ0n) is 14.4. The summed E-state index contributed by atoms with van der Waals surface area (Å²) in [5, 5.41) is 9.49. The summed E-state index contributed by atoms with van der Waals surface area (Å²) in [6.45, 7) is 3.00. The summed E-state index contributed by atoms with van der Waals surface area (Å²) in [5.41, 5.74) is 2.48. The number of phenolic OH excluding ortho intramolecular Hbond substituents is 1. The van der Waals surface area contributed by atoms with Crippen LogP contribution in [0.25, 0.3) is 6.08 Å². The molecule has 1 fully saturated rings. The number of phenols is 1. The number of benzene rings is 2. The molecule has 2 aromatic rings. The van der Waals surface area contributed by atoms with E-state index in [1.165, 1.54) is 18.9 Å². The Hall–Kier alpha value is -2.59. The fourth-order valence-electron chi connectivity index (χ4n) is 3.13. The topological polar surface area (TPSA) is 49.8 Å². The second-order valence-corrected chi connectivity index (χ2v) is 6.30. The van der Waals surface area contributed by atoms with Gasteiger partial charge in [0, 0.05) is 17.7 Å². The first-order valence-electron chi connectivity index (χ1n) is 8.56. The van der Waals surface area contributed by atoms with Crippen molar-refractivity contribution in [2.45, 2.75) is 19.4 Å². The molecule has 1 aliphatic heterocycles. The molecule has 2 aromatic carbocycles.